The van der Waals surface area contributed by atoms with Crippen molar-refractivity contribution in [3.63, 3.8) is 0 Å². The normalized spacial score (nSPS) is 10.9. The van der Waals surface area contributed by atoms with E-state index in [1.54, 1.807) is 0 Å². The minimum Gasteiger partial charge on any atom is -0.326 e. The number of nitrogens with two attached hydrogens (primary N) is 1. The van der Waals surface area contributed by atoms with Crippen LogP contribution < -0.4 is 5.73 Å². The molecular weight excluding hydrogens is 292 g/mol. The van der Waals surface area contributed by atoms with Crippen LogP contribution in [-0.4, -0.2) is 4.90 Å². The predicted molar refractivity (Wildman–Crippen MR) is 100 cm³/mol. The molecule has 0 aliphatic heterocycles. The first-order chi connectivity index (χ1) is 11.8. The zero-order chi connectivity index (χ0) is 16.6. The van der Waals surface area contributed by atoms with Gasteiger partial charge in [-0.15, -0.1) is 0 Å². The van der Waals surface area contributed by atoms with Crippen molar-refractivity contribution < 1.29 is 0 Å². The zero-order valence-corrected chi connectivity index (χ0v) is 13.9. The largest absolute Gasteiger partial charge is 0.326 e. The first-order valence-electron chi connectivity index (χ1n) is 8.41. The van der Waals surface area contributed by atoms with E-state index in [4.69, 9.17) is 5.73 Å². The van der Waals surface area contributed by atoms with Crippen molar-refractivity contribution in [3.8, 4) is 0 Å². The number of nitrogens with zero attached hydrogens (tertiary/aromatic N) is 1. The lowest BCUT2D eigenvalue weighted by Gasteiger charge is -2.23. The fourth-order valence-electron chi connectivity index (χ4n) is 2.89. The molecule has 24 heavy (non-hydrogen) atoms. The molecule has 0 unspecified atom stereocenters. The Morgan fingerprint density at radius 1 is 0.500 bits per heavy atom. The third-order valence-corrected chi connectivity index (χ3v) is 4.16. The molecule has 0 spiro atoms. The van der Waals surface area contributed by atoms with Crippen LogP contribution in [0.1, 0.15) is 22.3 Å². The van der Waals surface area contributed by atoms with Crippen LogP contribution in [0.15, 0.2) is 84.9 Å². The lowest BCUT2D eigenvalue weighted by molar-refractivity contribution is 0.247. The Labute approximate surface area is 144 Å². The van der Waals surface area contributed by atoms with Gasteiger partial charge in [-0.25, -0.2) is 0 Å². The second-order valence-corrected chi connectivity index (χ2v) is 6.14. The van der Waals surface area contributed by atoms with E-state index < -0.39 is 0 Å². The van der Waals surface area contributed by atoms with Gasteiger partial charge in [0.05, 0.1) is 0 Å². The summed E-state index contributed by atoms with van der Waals surface area (Å²) in [6.45, 7) is 3.40. The molecule has 0 radical (unpaired) electrons. The SMILES string of the molecule is NCc1ccc(CN(Cc2ccccc2)Cc2ccccc2)cc1. The summed E-state index contributed by atoms with van der Waals surface area (Å²) < 4.78 is 0. The molecule has 2 nitrogen and oxygen atoms in total. The van der Waals surface area contributed by atoms with Crippen LogP contribution in [0.5, 0.6) is 0 Å². The molecule has 0 fully saturated rings. The maximum absolute atomic E-state index is 5.70. The molecule has 2 heteroatoms. The van der Waals surface area contributed by atoms with Crippen LogP contribution in [0, 0.1) is 0 Å². The lowest BCUT2D eigenvalue weighted by Crippen LogP contribution is -2.22. The van der Waals surface area contributed by atoms with Gasteiger partial charge in [-0.05, 0) is 22.3 Å². The van der Waals surface area contributed by atoms with E-state index in [0.717, 1.165) is 19.6 Å². The van der Waals surface area contributed by atoms with Gasteiger partial charge in [0.15, 0.2) is 0 Å². The molecule has 3 aromatic rings. The third-order valence-electron chi connectivity index (χ3n) is 4.16. The Morgan fingerprint density at radius 2 is 0.875 bits per heavy atom. The molecule has 0 bridgehead atoms. The minimum atomic E-state index is 0.595. The third kappa shape index (κ3) is 4.79. The second-order valence-electron chi connectivity index (χ2n) is 6.14. The molecular formula is C22H24N2. The monoisotopic (exact) mass is 316 g/mol. The molecule has 3 rings (SSSR count). The quantitative estimate of drug-likeness (QED) is 0.702. The van der Waals surface area contributed by atoms with Gasteiger partial charge in [0, 0.05) is 26.2 Å². The molecule has 0 aliphatic rings. The molecule has 0 aliphatic carbocycles. The van der Waals surface area contributed by atoms with Crippen molar-refractivity contribution in [2.24, 2.45) is 5.73 Å². The highest BCUT2D eigenvalue weighted by molar-refractivity contribution is 5.23. The van der Waals surface area contributed by atoms with Crippen LogP contribution in [0.25, 0.3) is 0 Å². The molecule has 0 aromatic heterocycles. The zero-order valence-electron chi connectivity index (χ0n) is 13.9. The maximum Gasteiger partial charge on any atom is 0.0240 e. The smallest absolute Gasteiger partial charge is 0.0240 e. The van der Waals surface area contributed by atoms with Crippen LogP contribution in [0.2, 0.25) is 0 Å². The van der Waals surface area contributed by atoms with Crippen molar-refractivity contribution >= 4 is 0 Å². The summed E-state index contributed by atoms with van der Waals surface area (Å²) in [6, 6.07) is 29.9. The minimum absolute atomic E-state index is 0.595. The fraction of sp³-hybridized carbons (Fsp3) is 0.182. The van der Waals surface area contributed by atoms with Crippen molar-refractivity contribution in [1.29, 1.82) is 0 Å². The van der Waals surface area contributed by atoms with Crippen molar-refractivity contribution in [2.75, 3.05) is 0 Å². The van der Waals surface area contributed by atoms with Gasteiger partial charge in [-0.3, -0.25) is 4.90 Å². The van der Waals surface area contributed by atoms with Crippen LogP contribution in [-0.2, 0) is 26.2 Å². The van der Waals surface area contributed by atoms with Crippen LogP contribution in [0.3, 0.4) is 0 Å². The van der Waals surface area contributed by atoms with Gasteiger partial charge >= 0.3 is 0 Å². The average molecular weight is 316 g/mol. The van der Waals surface area contributed by atoms with Gasteiger partial charge in [-0.1, -0.05) is 84.9 Å². The molecule has 0 heterocycles. The predicted octanol–water partition coefficient (Wildman–Crippen LogP) is 4.35. The molecule has 0 amide bonds. The van der Waals surface area contributed by atoms with Crippen LogP contribution in [0.4, 0.5) is 0 Å². The fourth-order valence-corrected chi connectivity index (χ4v) is 2.89. The molecule has 0 saturated heterocycles. The summed E-state index contributed by atoms with van der Waals surface area (Å²) >= 11 is 0. The van der Waals surface area contributed by atoms with Crippen molar-refractivity contribution in [2.45, 2.75) is 26.2 Å². The Morgan fingerprint density at radius 3 is 1.29 bits per heavy atom. The van der Waals surface area contributed by atoms with Gasteiger partial charge < -0.3 is 5.73 Å². The lowest BCUT2D eigenvalue weighted by atomic mass is 10.1. The van der Waals surface area contributed by atoms with E-state index in [1.165, 1.54) is 22.3 Å². The summed E-state index contributed by atoms with van der Waals surface area (Å²) in [5, 5.41) is 0. The molecule has 0 saturated carbocycles. The average Bonchev–Trinajstić information content (AvgIpc) is 2.64. The summed E-state index contributed by atoms with van der Waals surface area (Å²) in [7, 11) is 0. The summed E-state index contributed by atoms with van der Waals surface area (Å²) in [5.74, 6) is 0. The first-order valence-corrected chi connectivity index (χ1v) is 8.41. The summed E-state index contributed by atoms with van der Waals surface area (Å²) in [4.78, 5) is 2.47. The van der Waals surface area contributed by atoms with Crippen molar-refractivity contribution in [3.05, 3.63) is 107 Å². The van der Waals surface area contributed by atoms with E-state index in [0.29, 0.717) is 6.54 Å². The highest BCUT2D eigenvalue weighted by Gasteiger charge is 2.08. The topological polar surface area (TPSA) is 29.3 Å². The van der Waals surface area contributed by atoms with E-state index in [2.05, 4.69) is 89.8 Å². The Kier molecular flexibility index (Phi) is 5.78. The van der Waals surface area contributed by atoms with E-state index in [9.17, 15) is 0 Å². The Hall–Kier alpha value is -2.42. The number of rotatable bonds is 7. The van der Waals surface area contributed by atoms with Gasteiger partial charge in [-0.2, -0.15) is 0 Å². The first kappa shape index (κ1) is 16.4. The summed E-state index contributed by atoms with van der Waals surface area (Å²) in [5.41, 5.74) is 10.9. The Balaban J connectivity index is 1.75. The standard InChI is InChI=1S/C22H24N2/c23-15-19-11-13-22(14-12-19)18-24(16-20-7-3-1-4-8-20)17-21-9-5-2-6-10-21/h1-14H,15-18,23H2. The van der Waals surface area contributed by atoms with E-state index in [-0.39, 0.29) is 0 Å². The number of hydrogen-bond acceptors (Lipinski definition) is 2. The molecule has 122 valence electrons. The van der Waals surface area contributed by atoms with Crippen LogP contribution >= 0.6 is 0 Å². The highest BCUT2D eigenvalue weighted by atomic mass is 15.1. The Bertz CT molecular complexity index is 679. The molecule has 3 aromatic carbocycles. The second kappa shape index (κ2) is 8.44. The molecule has 0 atom stereocenters. The van der Waals surface area contributed by atoms with Gasteiger partial charge in [0.2, 0.25) is 0 Å². The van der Waals surface area contributed by atoms with E-state index >= 15 is 0 Å². The number of hydrogen-bond donors (Lipinski definition) is 1. The van der Waals surface area contributed by atoms with E-state index in [1.807, 2.05) is 0 Å². The van der Waals surface area contributed by atoms with Gasteiger partial charge in [0.25, 0.3) is 0 Å². The maximum atomic E-state index is 5.70. The van der Waals surface area contributed by atoms with Gasteiger partial charge in [0.1, 0.15) is 0 Å². The molecule has 2 N–H and O–H groups in total. The number of benzene rings is 3. The summed E-state index contributed by atoms with van der Waals surface area (Å²) in [6.07, 6.45) is 0. The van der Waals surface area contributed by atoms with Crippen molar-refractivity contribution in [1.82, 2.24) is 4.90 Å². The highest BCUT2D eigenvalue weighted by Crippen LogP contribution is 2.14.